The summed E-state index contributed by atoms with van der Waals surface area (Å²) < 4.78 is 29.5. The van der Waals surface area contributed by atoms with Gasteiger partial charge in [-0.2, -0.15) is 4.31 Å². The summed E-state index contributed by atoms with van der Waals surface area (Å²) in [5.41, 5.74) is 1.21. The number of nitrogens with zero attached hydrogens (tertiary/aromatic N) is 1. The van der Waals surface area contributed by atoms with Crippen LogP contribution in [-0.4, -0.2) is 25.2 Å². The van der Waals surface area contributed by atoms with Crippen molar-refractivity contribution in [2.24, 2.45) is 0 Å². The van der Waals surface area contributed by atoms with Crippen molar-refractivity contribution < 1.29 is 13.2 Å². The van der Waals surface area contributed by atoms with Gasteiger partial charge < -0.3 is 5.32 Å². The van der Waals surface area contributed by atoms with E-state index in [1.807, 2.05) is 12.1 Å². The second kappa shape index (κ2) is 10.2. The Hall–Kier alpha value is -1.46. The first-order valence-corrected chi connectivity index (χ1v) is 12.5. The first-order chi connectivity index (χ1) is 14.3. The molecule has 0 aliphatic carbocycles. The Morgan fingerprint density at radius 2 is 1.63 bits per heavy atom. The van der Waals surface area contributed by atoms with E-state index < -0.39 is 15.9 Å². The average Bonchev–Trinajstić information content (AvgIpc) is 2.71. The molecule has 0 spiro atoms. The van der Waals surface area contributed by atoms with Gasteiger partial charge in [-0.05, 0) is 82.8 Å². The molecule has 0 saturated heterocycles. The van der Waals surface area contributed by atoms with E-state index >= 15 is 0 Å². The van der Waals surface area contributed by atoms with Crippen LogP contribution in [0.5, 0.6) is 0 Å². The highest BCUT2D eigenvalue weighted by molar-refractivity contribution is 14.1. The van der Waals surface area contributed by atoms with Gasteiger partial charge in [0.05, 0.1) is 11.4 Å². The minimum absolute atomic E-state index is 0.0296. The van der Waals surface area contributed by atoms with Gasteiger partial charge in [0.25, 0.3) is 0 Å². The second-order valence-electron chi connectivity index (χ2n) is 6.37. The van der Waals surface area contributed by atoms with E-state index in [-0.39, 0.29) is 18.0 Å². The van der Waals surface area contributed by atoms with E-state index in [2.05, 4.69) is 43.8 Å². The largest absolute Gasteiger partial charge is 0.325 e. The number of hydrogen-bond donors (Lipinski definition) is 1. The fourth-order valence-electron chi connectivity index (χ4n) is 2.69. The number of hydrogen-bond acceptors (Lipinski definition) is 3. The highest BCUT2D eigenvalue weighted by Gasteiger charge is 2.27. The number of carbonyl (C=O) groups excluding carboxylic acids is 1. The molecule has 30 heavy (non-hydrogen) atoms. The third-order valence-corrected chi connectivity index (χ3v) is 7.63. The standard InChI is InChI=1S/C21H17BrClIN2O3S/c22-16-5-11-19(12-6-16)30(28,29)26(13-15-3-1-2-4-20(15)23)14-21(27)25-18-9-7-17(24)8-10-18/h1-12H,13-14H2,(H,25,27). The molecule has 1 N–H and O–H groups in total. The summed E-state index contributed by atoms with van der Waals surface area (Å²) in [7, 11) is -3.94. The van der Waals surface area contributed by atoms with Crippen molar-refractivity contribution in [3.63, 3.8) is 0 Å². The Bertz CT molecular complexity index is 1140. The van der Waals surface area contributed by atoms with Crippen LogP contribution in [0.2, 0.25) is 5.02 Å². The minimum Gasteiger partial charge on any atom is -0.325 e. The van der Waals surface area contributed by atoms with Crippen molar-refractivity contribution in [2.45, 2.75) is 11.4 Å². The maximum atomic E-state index is 13.3. The Kier molecular flexibility index (Phi) is 7.92. The molecule has 0 atom stereocenters. The molecule has 0 bridgehead atoms. The Balaban J connectivity index is 1.88. The quantitative estimate of drug-likeness (QED) is 0.354. The zero-order valence-electron chi connectivity index (χ0n) is 15.6. The topological polar surface area (TPSA) is 66.5 Å². The Morgan fingerprint density at radius 3 is 2.27 bits per heavy atom. The molecular formula is C21H17BrClIN2O3S. The molecule has 0 fully saturated rings. The molecule has 5 nitrogen and oxygen atoms in total. The lowest BCUT2D eigenvalue weighted by molar-refractivity contribution is -0.116. The van der Waals surface area contributed by atoms with E-state index in [1.165, 1.54) is 12.1 Å². The summed E-state index contributed by atoms with van der Waals surface area (Å²) in [4.78, 5) is 12.8. The fourth-order valence-corrected chi connectivity index (χ4v) is 4.89. The van der Waals surface area contributed by atoms with Crippen LogP contribution in [0.3, 0.4) is 0 Å². The van der Waals surface area contributed by atoms with Crippen LogP contribution in [0, 0.1) is 3.57 Å². The summed E-state index contributed by atoms with van der Waals surface area (Å²) in [5.74, 6) is -0.441. The van der Waals surface area contributed by atoms with Gasteiger partial charge in [0.1, 0.15) is 0 Å². The maximum Gasteiger partial charge on any atom is 0.243 e. The van der Waals surface area contributed by atoms with Gasteiger partial charge in [-0.3, -0.25) is 4.79 Å². The zero-order chi connectivity index (χ0) is 21.7. The third-order valence-electron chi connectivity index (χ3n) is 4.20. The number of rotatable bonds is 7. The summed E-state index contributed by atoms with van der Waals surface area (Å²) in [6, 6.07) is 20.5. The highest BCUT2D eigenvalue weighted by Crippen LogP contribution is 2.24. The zero-order valence-corrected chi connectivity index (χ0v) is 20.9. The molecule has 3 aromatic rings. The molecule has 0 heterocycles. The van der Waals surface area contributed by atoms with E-state index in [9.17, 15) is 13.2 Å². The molecule has 0 unspecified atom stereocenters. The SMILES string of the molecule is O=C(CN(Cc1ccccc1Cl)S(=O)(=O)c1ccc(Br)cc1)Nc1ccc(I)cc1. The predicted molar refractivity (Wildman–Crippen MR) is 131 cm³/mol. The van der Waals surface area contributed by atoms with Gasteiger partial charge in [0, 0.05) is 25.3 Å². The fraction of sp³-hybridized carbons (Fsp3) is 0.0952. The number of halogens is 3. The number of carbonyl (C=O) groups is 1. The first-order valence-electron chi connectivity index (χ1n) is 8.80. The second-order valence-corrected chi connectivity index (χ2v) is 10.9. The van der Waals surface area contributed by atoms with Crippen LogP contribution in [0.1, 0.15) is 5.56 Å². The van der Waals surface area contributed by atoms with Crippen LogP contribution >= 0.6 is 50.1 Å². The molecule has 0 aromatic heterocycles. The monoisotopic (exact) mass is 618 g/mol. The van der Waals surface area contributed by atoms with E-state index in [1.54, 1.807) is 48.5 Å². The highest BCUT2D eigenvalue weighted by atomic mass is 127. The van der Waals surface area contributed by atoms with Crippen molar-refractivity contribution in [3.8, 4) is 0 Å². The molecule has 3 aromatic carbocycles. The van der Waals surface area contributed by atoms with Gasteiger partial charge >= 0.3 is 0 Å². The lowest BCUT2D eigenvalue weighted by Gasteiger charge is -2.22. The van der Waals surface area contributed by atoms with Crippen LogP contribution < -0.4 is 5.32 Å². The lowest BCUT2D eigenvalue weighted by atomic mass is 10.2. The van der Waals surface area contributed by atoms with Crippen molar-refractivity contribution in [2.75, 3.05) is 11.9 Å². The van der Waals surface area contributed by atoms with E-state index in [0.717, 1.165) is 12.3 Å². The number of nitrogens with one attached hydrogen (secondary N) is 1. The van der Waals surface area contributed by atoms with Crippen LogP contribution in [-0.2, 0) is 21.4 Å². The van der Waals surface area contributed by atoms with Crippen molar-refractivity contribution in [3.05, 3.63) is 91.4 Å². The average molecular weight is 620 g/mol. The van der Waals surface area contributed by atoms with Crippen molar-refractivity contribution >= 4 is 71.7 Å². The van der Waals surface area contributed by atoms with Crippen LogP contribution in [0.4, 0.5) is 5.69 Å². The molecule has 3 rings (SSSR count). The molecule has 0 saturated carbocycles. The molecule has 0 radical (unpaired) electrons. The predicted octanol–water partition coefficient (Wildman–Crippen LogP) is 5.54. The van der Waals surface area contributed by atoms with E-state index in [4.69, 9.17) is 11.6 Å². The van der Waals surface area contributed by atoms with Gasteiger partial charge in [-0.15, -0.1) is 0 Å². The summed E-state index contributed by atoms with van der Waals surface area (Å²) in [5, 5.41) is 3.18. The summed E-state index contributed by atoms with van der Waals surface area (Å²) >= 11 is 11.7. The molecule has 156 valence electrons. The molecule has 0 aliphatic heterocycles. The smallest absolute Gasteiger partial charge is 0.243 e. The number of benzene rings is 3. The van der Waals surface area contributed by atoms with Gasteiger partial charge in [0.15, 0.2) is 0 Å². The Morgan fingerprint density at radius 1 is 1.00 bits per heavy atom. The number of sulfonamides is 1. The summed E-state index contributed by atoms with van der Waals surface area (Å²) in [6.07, 6.45) is 0. The molecule has 0 aliphatic rings. The molecular weight excluding hydrogens is 603 g/mol. The van der Waals surface area contributed by atoms with Gasteiger partial charge in [-0.1, -0.05) is 45.7 Å². The van der Waals surface area contributed by atoms with Crippen LogP contribution in [0.25, 0.3) is 0 Å². The minimum atomic E-state index is -3.94. The van der Waals surface area contributed by atoms with Crippen molar-refractivity contribution in [1.29, 1.82) is 0 Å². The van der Waals surface area contributed by atoms with E-state index in [0.29, 0.717) is 16.3 Å². The number of amides is 1. The lowest BCUT2D eigenvalue weighted by Crippen LogP contribution is -2.37. The first kappa shape index (κ1) is 23.2. The number of anilines is 1. The third kappa shape index (κ3) is 6.04. The normalized spacial score (nSPS) is 11.5. The molecule has 1 amide bonds. The maximum absolute atomic E-state index is 13.3. The molecule has 9 heteroatoms. The van der Waals surface area contributed by atoms with Crippen LogP contribution in [0.15, 0.2) is 82.2 Å². The van der Waals surface area contributed by atoms with Crippen molar-refractivity contribution in [1.82, 2.24) is 4.31 Å². The summed E-state index contributed by atoms with van der Waals surface area (Å²) in [6.45, 7) is -0.381. The Labute approximate surface area is 202 Å². The van der Waals surface area contributed by atoms with Gasteiger partial charge in [0.2, 0.25) is 15.9 Å². The van der Waals surface area contributed by atoms with Gasteiger partial charge in [-0.25, -0.2) is 8.42 Å².